The largest absolute Gasteiger partial charge is 0.456 e. The van der Waals surface area contributed by atoms with Gasteiger partial charge in [-0.25, -0.2) is 19.2 Å². The van der Waals surface area contributed by atoms with E-state index in [-0.39, 0.29) is 28.5 Å². The zero-order chi connectivity index (χ0) is 21.4. The molecule has 0 fully saturated rings. The van der Waals surface area contributed by atoms with Crippen molar-refractivity contribution in [2.45, 2.75) is 13.0 Å². The molecule has 0 aliphatic rings. The number of methoxy groups -OCH3 is 1. The number of nitrogens with two attached hydrogens (primary N) is 1. The van der Waals surface area contributed by atoms with Gasteiger partial charge in [-0.1, -0.05) is 23.7 Å². The number of ether oxygens (including phenoxy) is 2. The van der Waals surface area contributed by atoms with Crippen molar-refractivity contribution >= 4 is 45.6 Å². The first-order valence-corrected chi connectivity index (χ1v) is 9.50. The molecule has 9 heteroatoms. The Labute approximate surface area is 176 Å². The van der Waals surface area contributed by atoms with Gasteiger partial charge in [0.25, 0.3) is 0 Å². The number of fused-ring (bicyclic) bond motifs is 2. The van der Waals surface area contributed by atoms with Crippen LogP contribution in [0, 0.1) is 5.82 Å². The monoisotopic (exact) mass is 428 g/mol. The second-order valence-corrected chi connectivity index (χ2v) is 7.16. The molecule has 0 spiro atoms. The number of rotatable bonds is 5. The van der Waals surface area contributed by atoms with Gasteiger partial charge in [0.1, 0.15) is 28.8 Å². The lowest BCUT2D eigenvalue weighted by Gasteiger charge is -2.12. The topological polar surface area (TPSA) is 92.3 Å². The molecule has 0 bridgehead atoms. The predicted molar refractivity (Wildman–Crippen MR) is 113 cm³/mol. The average molecular weight is 429 g/mol. The Morgan fingerprint density at radius 3 is 2.60 bits per heavy atom. The van der Waals surface area contributed by atoms with Crippen LogP contribution in [-0.2, 0) is 9.47 Å². The van der Waals surface area contributed by atoms with Crippen LogP contribution >= 0.6 is 11.6 Å². The number of anilines is 1. The van der Waals surface area contributed by atoms with Crippen LogP contribution in [0.1, 0.15) is 17.3 Å². The molecule has 0 saturated carbocycles. The standard InChI is InChI=1S/C21H18ClFN4O3/c1-11(10-29-2)30-21(28)17-18-20(26-16-6-4-3-5-15(16)25-18)27(19(17)24)12-7-8-14(23)13(22)9-12/h3-9,11H,10,24H2,1-2H3/t11-/m0/s1. The van der Waals surface area contributed by atoms with Crippen LogP contribution in [0.15, 0.2) is 42.5 Å². The molecule has 2 N–H and O–H groups in total. The van der Waals surface area contributed by atoms with Crippen molar-refractivity contribution in [2.24, 2.45) is 0 Å². The lowest BCUT2D eigenvalue weighted by molar-refractivity contribution is 0.0123. The summed E-state index contributed by atoms with van der Waals surface area (Å²) >= 11 is 5.96. The SMILES string of the molecule is COC[C@H](C)OC(=O)c1c(N)n(-c2ccc(F)c(Cl)c2)c2nc3ccccc3nc12. The molecule has 2 aromatic carbocycles. The Morgan fingerprint density at radius 2 is 1.93 bits per heavy atom. The minimum absolute atomic E-state index is 0.0672. The lowest BCUT2D eigenvalue weighted by Crippen LogP contribution is -2.20. The van der Waals surface area contributed by atoms with Crippen LogP contribution in [0.25, 0.3) is 27.9 Å². The maximum Gasteiger partial charge on any atom is 0.344 e. The molecule has 2 aromatic heterocycles. The summed E-state index contributed by atoms with van der Waals surface area (Å²) in [5.41, 5.74) is 8.70. The Bertz CT molecular complexity index is 1270. The van der Waals surface area contributed by atoms with E-state index >= 15 is 0 Å². The van der Waals surface area contributed by atoms with Crippen LogP contribution in [0.4, 0.5) is 10.2 Å². The van der Waals surface area contributed by atoms with E-state index in [2.05, 4.69) is 9.97 Å². The van der Waals surface area contributed by atoms with Gasteiger partial charge in [-0.3, -0.25) is 4.57 Å². The van der Waals surface area contributed by atoms with Crippen LogP contribution in [-0.4, -0.2) is 40.3 Å². The molecular weight excluding hydrogens is 411 g/mol. The van der Waals surface area contributed by atoms with Gasteiger partial charge < -0.3 is 15.2 Å². The van der Waals surface area contributed by atoms with Gasteiger partial charge in [-0.2, -0.15) is 0 Å². The summed E-state index contributed by atoms with van der Waals surface area (Å²) in [5.74, 6) is -1.16. The molecule has 2 heterocycles. The van der Waals surface area contributed by atoms with Gasteiger partial charge in [0.15, 0.2) is 5.65 Å². The van der Waals surface area contributed by atoms with Crippen molar-refractivity contribution in [1.29, 1.82) is 0 Å². The molecule has 30 heavy (non-hydrogen) atoms. The number of benzene rings is 2. The van der Waals surface area contributed by atoms with Gasteiger partial charge in [-0.05, 0) is 37.3 Å². The van der Waals surface area contributed by atoms with Crippen LogP contribution in [0.3, 0.4) is 0 Å². The van der Waals surface area contributed by atoms with E-state index in [0.29, 0.717) is 22.4 Å². The van der Waals surface area contributed by atoms with E-state index in [1.807, 2.05) is 12.1 Å². The maximum absolute atomic E-state index is 13.7. The number of hydrogen-bond donors (Lipinski definition) is 1. The van der Waals surface area contributed by atoms with Gasteiger partial charge >= 0.3 is 5.97 Å². The molecule has 0 saturated heterocycles. The molecule has 0 aliphatic carbocycles. The lowest BCUT2D eigenvalue weighted by atomic mass is 10.2. The first kappa shape index (κ1) is 20.1. The molecule has 0 radical (unpaired) electrons. The minimum atomic E-state index is -0.654. The minimum Gasteiger partial charge on any atom is -0.456 e. The quantitative estimate of drug-likeness (QED) is 0.480. The van der Waals surface area contributed by atoms with E-state index in [1.54, 1.807) is 19.1 Å². The second-order valence-electron chi connectivity index (χ2n) is 6.75. The number of aromatic nitrogens is 3. The highest BCUT2D eigenvalue weighted by Gasteiger charge is 2.27. The van der Waals surface area contributed by atoms with Crippen LogP contribution < -0.4 is 5.73 Å². The average Bonchev–Trinajstić information content (AvgIpc) is 2.99. The number of hydrogen-bond acceptors (Lipinski definition) is 6. The highest BCUT2D eigenvalue weighted by atomic mass is 35.5. The highest BCUT2D eigenvalue weighted by molar-refractivity contribution is 6.31. The zero-order valence-corrected chi connectivity index (χ0v) is 17.0. The van der Waals surface area contributed by atoms with E-state index in [4.69, 9.17) is 26.8 Å². The van der Waals surface area contributed by atoms with Gasteiger partial charge in [0, 0.05) is 7.11 Å². The van der Waals surface area contributed by atoms with Crippen molar-refractivity contribution in [3.63, 3.8) is 0 Å². The van der Waals surface area contributed by atoms with Crippen molar-refractivity contribution in [3.05, 3.63) is 58.9 Å². The number of para-hydroxylation sites is 2. The molecule has 4 aromatic rings. The molecule has 0 aliphatic heterocycles. The zero-order valence-electron chi connectivity index (χ0n) is 16.2. The first-order valence-electron chi connectivity index (χ1n) is 9.12. The second kappa shape index (κ2) is 7.89. The summed E-state index contributed by atoms with van der Waals surface area (Å²) in [6.45, 7) is 1.93. The van der Waals surface area contributed by atoms with Crippen molar-refractivity contribution < 1.29 is 18.7 Å². The molecule has 4 rings (SSSR count). The molecule has 7 nitrogen and oxygen atoms in total. The number of halogens is 2. The first-order chi connectivity index (χ1) is 14.4. The third-order valence-electron chi connectivity index (χ3n) is 4.57. The highest BCUT2D eigenvalue weighted by Crippen LogP contribution is 2.32. The molecular formula is C21H18ClFN4O3. The number of carbonyl (C=O) groups excluding carboxylic acids is 1. The van der Waals surface area contributed by atoms with Crippen molar-refractivity contribution in [3.8, 4) is 5.69 Å². The third-order valence-corrected chi connectivity index (χ3v) is 4.86. The van der Waals surface area contributed by atoms with E-state index in [9.17, 15) is 9.18 Å². The van der Waals surface area contributed by atoms with Gasteiger partial charge in [0.2, 0.25) is 0 Å². The number of nitrogens with zero attached hydrogens (tertiary/aromatic N) is 3. The van der Waals surface area contributed by atoms with E-state index < -0.39 is 17.9 Å². The fourth-order valence-electron chi connectivity index (χ4n) is 3.26. The van der Waals surface area contributed by atoms with Gasteiger partial charge in [0.05, 0.1) is 28.4 Å². The molecule has 0 amide bonds. The summed E-state index contributed by atoms with van der Waals surface area (Å²) < 4.78 is 25.7. The Hall–Kier alpha value is -3.23. The Balaban J connectivity index is 1.98. The Morgan fingerprint density at radius 1 is 1.23 bits per heavy atom. The van der Waals surface area contributed by atoms with Crippen molar-refractivity contribution in [2.75, 3.05) is 19.5 Å². The van der Waals surface area contributed by atoms with Crippen LogP contribution in [0.2, 0.25) is 5.02 Å². The fraction of sp³-hybridized carbons (Fsp3) is 0.190. The van der Waals surface area contributed by atoms with Gasteiger partial charge in [-0.15, -0.1) is 0 Å². The summed E-state index contributed by atoms with van der Waals surface area (Å²) in [4.78, 5) is 22.2. The molecule has 1 atom stereocenters. The number of esters is 1. The summed E-state index contributed by atoms with van der Waals surface area (Å²) in [5, 5.41) is -0.0830. The summed E-state index contributed by atoms with van der Waals surface area (Å²) in [6.07, 6.45) is -0.492. The maximum atomic E-state index is 13.7. The number of carbonyl (C=O) groups is 1. The fourth-order valence-corrected chi connectivity index (χ4v) is 3.43. The molecule has 154 valence electrons. The van der Waals surface area contributed by atoms with E-state index in [1.165, 1.54) is 29.9 Å². The third kappa shape index (κ3) is 3.44. The predicted octanol–water partition coefficient (Wildman–Crippen LogP) is 4.14. The number of nitrogen functional groups attached to an aromatic ring is 1. The smallest absolute Gasteiger partial charge is 0.344 e. The van der Waals surface area contributed by atoms with Crippen LogP contribution in [0.5, 0.6) is 0 Å². The van der Waals surface area contributed by atoms with Crippen molar-refractivity contribution in [1.82, 2.24) is 14.5 Å². The normalized spacial score (nSPS) is 12.4. The molecule has 0 unspecified atom stereocenters. The summed E-state index contributed by atoms with van der Waals surface area (Å²) in [6, 6.07) is 11.4. The Kier molecular flexibility index (Phi) is 5.27. The summed E-state index contributed by atoms with van der Waals surface area (Å²) in [7, 11) is 1.51. The van der Waals surface area contributed by atoms with E-state index in [0.717, 1.165) is 0 Å².